The minimum atomic E-state index is -0.419. The number of anilines is 1. The van der Waals surface area contributed by atoms with Crippen LogP contribution in [0.1, 0.15) is 30.1 Å². The van der Waals surface area contributed by atoms with Gasteiger partial charge < -0.3 is 16.0 Å². The van der Waals surface area contributed by atoms with E-state index < -0.39 is 5.91 Å². The fourth-order valence-electron chi connectivity index (χ4n) is 3.36. The van der Waals surface area contributed by atoms with Crippen LogP contribution in [0.15, 0.2) is 18.2 Å². The highest BCUT2D eigenvalue weighted by Gasteiger charge is 2.28. The van der Waals surface area contributed by atoms with Crippen LogP contribution in [0.25, 0.3) is 10.2 Å². The molecule has 1 aliphatic rings. The monoisotopic (exact) mass is 318 g/mol. The zero-order valence-electron chi connectivity index (χ0n) is 13.0. The summed E-state index contributed by atoms with van der Waals surface area (Å²) in [6.07, 6.45) is 2.29. The second kappa shape index (κ2) is 6.22. The quantitative estimate of drug-likeness (QED) is 0.887. The molecule has 1 amide bonds. The van der Waals surface area contributed by atoms with E-state index in [0.717, 1.165) is 34.9 Å². The number of hydrogen-bond acceptors (Lipinski definition) is 5. The van der Waals surface area contributed by atoms with Crippen LogP contribution < -0.4 is 16.0 Å². The molecule has 1 aromatic carbocycles. The minimum Gasteiger partial charge on any atom is -0.366 e. The van der Waals surface area contributed by atoms with Gasteiger partial charge in [-0.1, -0.05) is 24.3 Å². The number of nitrogens with one attached hydrogen (secondary N) is 1. The molecule has 1 aromatic heterocycles. The molecule has 1 saturated heterocycles. The Labute approximate surface area is 134 Å². The van der Waals surface area contributed by atoms with Gasteiger partial charge in [-0.3, -0.25) is 4.79 Å². The highest BCUT2D eigenvalue weighted by molar-refractivity contribution is 7.22. The molecule has 2 heterocycles. The Morgan fingerprint density at radius 2 is 2.41 bits per heavy atom. The average Bonchev–Trinajstić information content (AvgIpc) is 3.16. The van der Waals surface area contributed by atoms with Crippen molar-refractivity contribution >= 4 is 32.6 Å². The third-order valence-corrected chi connectivity index (χ3v) is 5.64. The Balaban J connectivity index is 1.95. The summed E-state index contributed by atoms with van der Waals surface area (Å²) in [5, 5.41) is 4.40. The normalized spacial score (nSPS) is 19.5. The summed E-state index contributed by atoms with van der Waals surface area (Å²) in [4.78, 5) is 18.5. The summed E-state index contributed by atoms with van der Waals surface area (Å²) in [7, 11) is 2.11. The van der Waals surface area contributed by atoms with Crippen molar-refractivity contribution in [1.29, 1.82) is 0 Å². The maximum atomic E-state index is 11.6. The first-order valence-corrected chi connectivity index (χ1v) is 8.56. The number of amides is 1. The molecule has 22 heavy (non-hydrogen) atoms. The molecule has 0 bridgehead atoms. The maximum absolute atomic E-state index is 11.6. The molecule has 2 aromatic rings. The third-order valence-electron chi connectivity index (χ3n) is 4.53. The number of aromatic nitrogens is 1. The number of nitrogens with zero attached hydrogens (tertiary/aromatic N) is 2. The Kier molecular flexibility index (Phi) is 4.31. The van der Waals surface area contributed by atoms with Gasteiger partial charge in [0.25, 0.3) is 5.91 Å². The molecule has 0 aliphatic carbocycles. The van der Waals surface area contributed by atoms with Gasteiger partial charge >= 0.3 is 0 Å². The minimum absolute atomic E-state index is 0.419. The molecule has 1 fully saturated rings. The lowest BCUT2D eigenvalue weighted by atomic mass is 9.96. The number of benzene rings is 1. The second-order valence-corrected chi connectivity index (χ2v) is 6.86. The largest absolute Gasteiger partial charge is 0.366 e. The lowest BCUT2D eigenvalue weighted by molar-refractivity contribution is 0.100. The van der Waals surface area contributed by atoms with Gasteiger partial charge in [0.2, 0.25) is 0 Å². The fourth-order valence-corrected chi connectivity index (χ4v) is 4.37. The summed E-state index contributed by atoms with van der Waals surface area (Å²) < 4.78 is 1.01. The summed E-state index contributed by atoms with van der Waals surface area (Å²) in [6.45, 7) is 4.39. The summed E-state index contributed by atoms with van der Waals surface area (Å²) in [5.41, 5.74) is 6.68. The summed E-state index contributed by atoms with van der Waals surface area (Å²) in [6, 6.07) is 6.07. The van der Waals surface area contributed by atoms with Gasteiger partial charge in [0, 0.05) is 13.1 Å². The van der Waals surface area contributed by atoms with Gasteiger partial charge in [-0.05, 0) is 44.0 Å². The van der Waals surface area contributed by atoms with E-state index in [4.69, 9.17) is 10.7 Å². The highest BCUT2D eigenvalue weighted by atomic mass is 32.1. The van der Waals surface area contributed by atoms with E-state index in [9.17, 15) is 4.79 Å². The van der Waals surface area contributed by atoms with Crippen LogP contribution in [0.5, 0.6) is 0 Å². The lowest BCUT2D eigenvalue weighted by Gasteiger charge is -2.31. The van der Waals surface area contributed by atoms with Crippen LogP contribution in [0.2, 0.25) is 0 Å². The van der Waals surface area contributed by atoms with E-state index in [1.165, 1.54) is 6.42 Å². The molecular weight excluding hydrogens is 296 g/mol. The molecule has 6 heteroatoms. The summed E-state index contributed by atoms with van der Waals surface area (Å²) >= 11 is 1.63. The summed E-state index contributed by atoms with van der Waals surface area (Å²) in [5.74, 6) is 0.231. The Hall–Kier alpha value is -1.66. The van der Waals surface area contributed by atoms with Crippen LogP contribution in [0.4, 0.5) is 5.13 Å². The van der Waals surface area contributed by atoms with Gasteiger partial charge in [0.15, 0.2) is 5.13 Å². The number of carbonyl (C=O) groups is 1. The van der Waals surface area contributed by atoms with E-state index in [1.807, 2.05) is 12.1 Å². The first-order valence-electron chi connectivity index (χ1n) is 7.74. The predicted molar refractivity (Wildman–Crippen MR) is 91.6 cm³/mol. The predicted octanol–water partition coefficient (Wildman–Crippen LogP) is 2.22. The number of fused-ring (bicyclic) bond motifs is 1. The molecule has 2 atom stereocenters. The number of hydrogen-bond donors (Lipinski definition) is 2. The van der Waals surface area contributed by atoms with Crippen LogP contribution in [0, 0.1) is 5.92 Å². The number of carbonyl (C=O) groups excluding carboxylic acids is 1. The number of para-hydroxylation sites is 1. The number of rotatable bonds is 5. The van der Waals surface area contributed by atoms with Gasteiger partial charge in [-0.25, -0.2) is 4.98 Å². The molecule has 0 spiro atoms. The SMILES string of the molecule is CCC(C1CCNC1)N(C)c1nc2c(C(N)=O)cccc2s1. The molecule has 118 valence electrons. The lowest BCUT2D eigenvalue weighted by Crippen LogP contribution is -2.38. The number of nitrogens with two attached hydrogens (primary N) is 1. The zero-order valence-corrected chi connectivity index (χ0v) is 13.8. The first kappa shape index (κ1) is 15.2. The topological polar surface area (TPSA) is 71.2 Å². The molecule has 3 N–H and O–H groups in total. The van der Waals surface area contributed by atoms with Crippen LogP contribution in [-0.4, -0.2) is 37.1 Å². The van der Waals surface area contributed by atoms with E-state index in [0.29, 0.717) is 17.5 Å². The zero-order chi connectivity index (χ0) is 15.7. The van der Waals surface area contributed by atoms with Crippen molar-refractivity contribution in [3.8, 4) is 0 Å². The molecule has 0 radical (unpaired) electrons. The maximum Gasteiger partial charge on any atom is 0.250 e. The van der Waals surface area contributed by atoms with Crippen molar-refractivity contribution in [2.45, 2.75) is 25.8 Å². The van der Waals surface area contributed by atoms with Crippen molar-refractivity contribution in [3.05, 3.63) is 23.8 Å². The Morgan fingerprint density at radius 1 is 1.59 bits per heavy atom. The first-order chi connectivity index (χ1) is 10.6. The number of thiazole rings is 1. The Morgan fingerprint density at radius 3 is 3.05 bits per heavy atom. The highest BCUT2D eigenvalue weighted by Crippen LogP contribution is 2.33. The van der Waals surface area contributed by atoms with Crippen LogP contribution >= 0.6 is 11.3 Å². The fraction of sp³-hybridized carbons (Fsp3) is 0.500. The van der Waals surface area contributed by atoms with Crippen molar-refractivity contribution in [3.63, 3.8) is 0 Å². The average molecular weight is 318 g/mol. The van der Waals surface area contributed by atoms with Gasteiger partial charge in [-0.15, -0.1) is 0 Å². The molecule has 1 aliphatic heterocycles. The van der Waals surface area contributed by atoms with Crippen molar-refractivity contribution in [1.82, 2.24) is 10.3 Å². The van der Waals surface area contributed by atoms with E-state index in [2.05, 4.69) is 24.2 Å². The van der Waals surface area contributed by atoms with Gasteiger partial charge in [0.05, 0.1) is 15.8 Å². The molecule has 3 rings (SSSR count). The number of primary amides is 1. The van der Waals surface area contributed by atoms with Crippen molar-refractivity contribution in [2.24, 2.45) is 11.7 Å². The standard InChI is InChI=1S/C16H22N4OS/c1-3-12(10-7-8-18-9-10)20(2)16-19-14-11(15(17)21)5-4-6-13(14)22-16/h4-6,10,12,18H,3,7-9H2,1-2H3,(H2,17,21). The smallest absolute Gasteiger partial charge is 0.250 e. The van der Waals surface area contributed by atoms with E-state index in [1.54, 1.807) is 17.4 Å². The van der Waals surface area contributed by atoms with Gasteiger partial charge in [-0.2, -0.15) is 0 Å². The molecule has 0 saturated carbocycles. The van der Waals surface area contributed by atoms with Gasteiger partial charge in [0.1, 0.15) is 0 Å². The molecule has 2 unspecified atom stereocenters. The van der Waals surface area contributed by atoms with E-state index >= 15 is 0 Å². The van der Waals surface area contributed by atoms with Crippen LogP contribution in [-0.2, 0) is 0 Å². The van der Waals surface area contributed by atoms with Crippen molar-refractivity contribution < 1.29 is 4.79 Å². The Bertz CT molecular complexity index is 678. The molecular formula is C16H22N4OS. The van der Waals surface area contributed by atoms with Crippen molar-refractivity contribution in [2.75, 3.05) is 25.0 Å². The third kappa shape index (κ3) is 2.68. The molecule has 5 nitrogen and oxygen atoms in total. The second-order valence-electron chi connectivity index (χ2n) is 5.85. The van der Waals surface area contributed by atoms with E-state index in [-0.39, 0.29) is 0 Å². The van der Waals surface area contributed by atoms with Crippen LogP contribution in [0.3, 0.4) is 0 Å².